The van der Waals surface area contributed by atoms with Crippen LogP contribution in [-0.4, -0.2) is 18.2 Å². The number of carbonyl (C=O) groups is 1. The number of nitrogens with zero attached hydrogens (tertiary/aromatic N) is 1. The number of nitriles is 1. The molecule has 2 rings (SSSR count). The first kappa shape index (κ1) is 13.9. The van der Waals surface area contributed by atoms with Crippen molar-refractivity contribution in [3.05, 3.63) is 52.5 Å². The molecule has 0 aromatic heterocycles. The van der Waals surface area contributed by atoms with Gasteiger partial charge in [-0.05, 0) is 23.8 Å². The minimum atomic E-state index is -1.01. The molecule has 2 aromatic carbocycles. The fourth-order valence-corrected chi connectivity index (χ4v) is 2.05. The molecular formula is C15H10ClNO3. The topological polar surface area (TPSA) is 70.3 Å². The fourth-order valence-electron chi connectivity index (χ4n) is 1.85. The van der Waals surface area contributed by atoms with Crippen molar-refractivity contribution in [3.63, 3.8) is 0 Å². The van der Waals surface area contributed by atoms with Gasteiger partial charge in [-0.25, -0.2) is 4.79 Å². The molecular weight excluding hydrogens is 278 g/mol. The van der Waals surface area contributed by atoms with Crippen LogP contribution < -0.4 is 4.74 Å². The molecule has 0 heterocycles. The van der Waals surface area contributed by atoms with Gasteiger partial charge >= 0.3 is 5.97 Å². The van der Waals surface area contributed by atoms with Crippen LogP contribution in [0.4, 0.5) is 0 Å². The standard InChI is InChI=1S/C15H10ClNO3/c1-20-14-7-13(16)11(8-17)6-12(14)9-3-2-4-10(5-9)15(18)19/h2-7H,1H3,(H,18,19). The summed E-state index contributed by atoms with van der Waals surface area (Å²) >= 11 is 5.95. The number of hydrogen-bond donors (Lipinski definition) is 1. The minimum Gasteiger partial charge on any atom is -0.496 e. The first-order valence-electron chi connectivity index (χ1n) is 5.68. The van der Waals surface area contributed by atoms with Gasteiger partial charge in [0, 0.05) is 11.6 Å². The predicted octanol–water partition coefficient (Wildman–Crippen LogP) is 3.59. The second-order valence-electron chi connectivity index (χ2n) is 4.03. The second-order valence-corrected chi connectivity index (χ2v) is 4.44. The Morgan fingerprint density at radius 2 is 2.10 bits per heavy atom. The molecule has 0 fully saturated rings. The molecule has 0 aliphatic rings. The smallest absolute Gasteiger partial charge is 0.335 e. The van der Waals surface area contributed by atoms with E-state index in [2.05, 4.69) is 0 Å². The second kappa shape index (κ2) is 5.64. The van der Waals surface area contributed by atoms with Crippen LogP contribution >= 0.6 is 11.6 Å². The van der Waals surface area contributed by atoms with Gasteiger partial charge in [0.05, 0.1) is 23.3 Å². The summed E-state index contributed by atoms with van der Waals surface area (Å²) in [6.45, 7) is 0. The monoisotopic (exact) mass is 287 g/mol. The zero-order chi connectivity index (χ0) is 14.7. The number of halogens is 1. The van der Waals surface area contributed by atoms with Crippen LogP contribution in [0, 0.1) is 11.3 Å². The largest absolute Gasteiger partial charge is 0.496 e. The molecule has 0 unspecified atom stereocenters. The lowest BCUT2D eigenvalue weighted by Crippen LogP contribution is -1.97. The Labute approximate surface area is 120 Å². The number of aromatic carboxylic acids is 1. The molecule has 100 valence electrons. The molecule has 0 atom stereocenters. The number of benzene rings is 2. The van der Waals surface area contributed by atoms with Gasteiger partial charge in [0.15, 0.2) is 0 Å². The first-order chi connectivity index (χ1) is 9.56. The zero-order valence-electron chi connectivity index (χ0n) is 10.6. The van der Waals surface area contributed by atoms with Crippen LogP contribution in [0.1, 0.15) is 15.9 Å². The highest BCUT2D eigenvalue weighted by molar-refractivity contribution is 6.32. The van der Waals surface area contributed by atoms with Gasteiger partial charge in [0.25, 0.3) is 0 Å². The average molecular weight is 288 g/mol. The van der Waals surface area contributed by atoms with Crippen LogP contribution in [0.3, 0.4) is 0 Å². The van der Waals surface area contributed by atoms with E-state index in [0.717, 1.165) is 0 Å². The van der Waals surface area contributed by atoms with Crippen molar-refractivity contribution in [2.45, 2.75) is 0 Å². The van der Waals surface area contributed by atoms with Crippen molar-refractivity contribution >= 4 is 17.6 Å². The summed E-state index contributed by atoms with van der Waals surface area (Å²) in [5.74, 6) is -0.531. The predicted molar refractivity (Wildman–Crippen MR) is 75.1 cm³/mol. The molecule has 0 saturated carbocycles. The molecule has 0 amide bonds. The Bertz CT molecular complexity index is 720. The summed E-state index contributed by atoms with van der Waals surface area (Å²) in [5, 5.41) is 18.3. The highest BCUT2D eigenvalue weighted by atomic mass is 35.5. The Kier molecular flexibility index (Phi) is 3.92. The van der Waals surface area contributed by atoms with Crippen molar-refractivity contribution in [2.75, 3.05) is 7.11 Å². The first-order valence-corrected chi connectivity index (χ1v) is 6.06. The van der Waals surface area contributed by atoms with Crippen LogP contribution in [0.5, 0.6) is 5.75 Å². The summed E-state index contributed by atoms with van der Waals surface area (Å²) in [6.07, 6.45) is 0. The number of carboxylic acids is 1. The molecule has 0 aliphatic heterocycles. The lowest BCUT2D eigenvalue weighted by Gasteiger charge is -2.11. The molecule has 2 aromatic rings. The molecule has 0 aliphatic carbocycles. The average Bonchev–Trinajstić information content (AvgIpc) is 2.46. The third-order valence-corrected chi connectivity index (χ3v) is 3.14. The van der Waals surface area contributed by atoms with Crippen molar-refractivity contribution in [1.82, 2.24) is 0 Å². The van der Waals surface area contributed by atoms with Gasteiger partial charge in [0.1, 0.15) is 11.8 Å². The van der Waals surface area contributed by atoms with E-state index in [1.54, 1.807) is 24.3 Å². The molecule has 5 heteroatoms. The van der Waals surface area contributed by atoms with Crippen LogP contribution in [0.15, 0.2) is 36.4 Å². The molecule has 0 radical (unpaired) electrons. The molecule has 0 spiro atoms. The third-order valence-electron chi connectivity index (χ3n) is 2.83. The van der Waals surface area contributed by atoms with Crippen molar-refractivity contribution in [3.8, 4) is 22.9 Å². The van der Waals surface area contributed by atoms with E-state index in [1.165, 1.54) is 19.2 Å². The Morgan fingerprint density at radius 3 is 2.70 bits per heavy atom. The highest BCUT2D eigenvalue weighted by Gasteiger charge is 2.12. The summed E-state index contributed by atoms with van der Waals surface area (Å²) in [5.41, 5.74) is 1.74. The lowest BCUT2D eigenvalue weighted by molar-refractivity contribution is 0.0697. The molecule has 0 saturated heterocycles. The summed E-state index contributed by atoms with van der Waals surface area (Å²) < 4.78 is 5.24. The Balaban J connectivity index is 2.65. The summed E-state index contributed by atoms with van der Waals surface area (Å²) in [4.78, 5) is 11.0. The van der Waals surface area contributed by atoms with Gasteiger partial charge in [-0.15, -0.1) is 0 Å². The quantitative estimate of drug-likeness (QED) is 0.936. The van der Waals surface area contributed by atoms with E-state index >= 15 is 0 Å². The van der Waals surface area contributed by atoms with Gasteiger partial charge in [-0.2, -0.15) is 5.26 Å². The van der Waals surface area contributed by atoms with Crippen molar-refractivity contribution < 1.29 is 14.6 Å². The number of hydrogen-bond acceptors (Lipinski definition) is 3. The maximum absolute atomic E-state index is 11.0. The summed E-state index contributed by atoms with van der Waals surface area (Å²) in [7, 11) is 1.49. The van der Waals surface area contributed by atoms with Crippen molar-refractivity contribution in [2.24, 2.45) is 0 Å². The Hall–Kier alpha value is -2.51. The maximum atomic E-state index is 11.0. The van der Waals surface area contributed by atoms with E-state index in [-0.39, 0.29) is 5.56 Å². The molecule has 4 nitrogen and oxygen atoms in total. The maximum Gasteiger partial charge on any atom is 0.335 e. The van der Waals surface area contributed by atoms with Gasteiger partial charge in [-0.1, -0.05) is 23.7 Å². The van der Waals surface area contributed by atoms with E-state index in [1.807, 2.05) is 6.07 Å². The van der Waals surface area contributed by atoms with Crippen LogP contribution in [0.2, 0.25) is 5.02 Å². The molecule has 1 N–H and O–H groups in total. The van der Waals surface area contributed by atoms with E-state index in [9.17, 15) is 4.79 Å². The van der Waals surface area contributed by atoms with Crippen LogP contribution in [0.25, 0.3) is 11.1 Å². The minimum absolute atomic E-state index is 0.165. The zero-order valence-corrected chi connectivity index (χ0v) is 11.3. The van der Waals surface area contributed by atoms with Crippen molar-refractivity contribution in [1.29, 1.82) is 5.26 Å². The number of rotatable bonds is 3. The Morgan fingerprint density at radius 1 is 1.35 bits per heavy atom. The third kappa shape index (κ3) is 2.58. The van der Waals surface area contributed by atoms with E-state index in [4.69, 9.17) is 26.7 Å². The number of carboxylic acid groups (broad SMARTS) is 1. The SMILES string of the molecule is COc1cc(Cl)c(C#N)cc1-c1cccc(C(=O)O)c1. The highest BCUT2D eigenvalue weighted by Crippen LogP contribution is 2.34. The van der Waals surface area contributed by atoms with Crippen LogP contribution in [-0.2, 0) is 0 Å². The number of methoxy groups -OCH3 is 1. The molecule has 20 heavy (non-hydrogen) atoms. The number of ether oxygens (including phenoxy) is 1. The molecule has 0 bridgehead atoms. The lowest BCUT2D eigenvalue weighted by atomic mass is 10.00. The summed E-state index contributed by atoms with van der Waals surface area (Å²) in [6, 6.07) is 11.5. The van der Waals surface area contributed by atoms with Gasteiger partial charge < -0.3 is 9.84 Å². The van der Waals surface area contributed by atoms with Gasteiger partial charge in [-0.3, -0.25) is 0 Å². The fraction of sp³-hybridized carbons (Fsp3) is 0.0667. The van der Waals surface area contributed by atoms with Gasteiger partial charge in [0.2, 0.25) is 0 Å². The van der Waals surface area contributed by atoms with E-state index < -0.39 is 5.97 Å². The van der Waals surface area contributed by atoms with E-state index in [0.29, 0.717) is 27.5 Å². The normalized spacial score (nSPS) is 9.85.